The second kappa shape index (κ2) is 9.60. The number of carbonyl (C=O) groups is 1. The van der Waals surface area contributed by atoms with Crippen LogP contribution >= 0.6 is 0 Å². The quantitative estimate of drug-likeness (QED) is 0.508. The monoisotopic (exact) mass is 521 g/mol. The number of fused-ring (bicyclic) bond motifs is 2. The third-order valence-electron chi connectivity index (χ3n) is 6.73. The first-order valence-corrected chi connectivity index (χ1v) is 13.6. The van der Waals surface area contributed by atoms with Crippen molar-refractivity contribution in [1.29, 1.82) is 0 Å². The van der Waals surface area contributed by atoms with Crippen LogP contribution in [-0.2, 0) is 39.9 Å². The van der Waals surface area contributed by atoms with Gasteiger partial charge in [0.15, 0.2) is 5.69 Å². The van der Waals surface area contributed by atoms with E-state index in [1.165, 1.54) is 10.6 Å². The van der Waals surface area contributed by atoms with E-state index in [4.69, 9.17) is 9.47 Å². The molecule has 1 atom stereocenters. The van der Waals surface area contributed by atoms with Crippen LogP contribution in [0.5, 0.6) is 5.75 Å². The molecule has 5 rings (SSSR count). The van der Waals surface area contributed by atoms with E-state index in [0.29, 0.717) is 36.5 Å². The highest BCUT2D eigenvalue weighted by atomic mass is 32.2. The molecule has 1 amide bonds. The Morgan fingerprint density at radius 1 is 1.19 bits per heavy atom. The SMILES string of the molecule is CCC1(C)OCCn2c1nc(C(=O)NCc1cccc3c1S(=O)(=O)C=C3)c(OCc1ccccc1)c2=O. The van der Waals surface area contributed by atoms with Crippen LogP contribution in [0.1, 0.15) is 53.3 Å². The standard InChI is InChI=1S/C27H27N3O6S/c1-3-27(2)26-29-21(24(31)28-16-20-11-7-10-19-12-15-37(33,34)23(19)20)22(25(32)30(26)13-14-36-27)35-17-18-8-5-4-6-9-18/h4-12,15H,3,13-14,16-17H2,1-2H3,(H,28,31). The Bertz CT molecular complexity index is 1560. The zero-order chi connectivity index (χ0) is 26.2. The lowest BCUT2D eigenvalue weighted by Crippen LogP contribution is -2.44. The van der Waals surface area contributed by atoms with Crippen LogP contribution in [0, 0.1) is 0 Å². The molecule has 3 heterocycles. The van der Waals surface area contributed by atoms with Gasteiger partial charge in [-0.1, -0.05) is 55.5 Å². The van der Waals surface area contributed by atoms with Crippen molar-refractivity contribution in [3.8, 4) is 5.75 Å². The van der Waals surface area contributed by atoms with Gasteiger partial charge in [0.2, 0.25) is 15.6 Å². The summed E-state index contributed by atoms with van der Waals surface area (Å²) in [4.78, 5) is 31.8. The molecule has 0 bridgehead atoms. The first kappa shape index (κ1) is 24.9. The Labute approximate surface area is 214 Å². The lowest BCUT2D eigenvalue weighted by molar-refractivity contribution is -0.0729. The molecule has 2 aliphatic rings. The van der Waals surface area contributed by atoms with Crippen LogP contribution in [-0.4, -0.2) is 30.5 Å². The third kappa shape index (κ3) is 4.58. The summed E-state index contributed by atoms with van der Waals surface area (Å²) in [7, 11) is -3.58. The zero-order valence-electron chi connectivity index (χ0n) is 20.6. The summed E-state index contributed by atoms with van der Waals surface area (Å²) in [6.45, 7) is 4.40. The van der Waals surface area contributed by atoms with Crippen LogP contribution < -0.4 is 15.6 Å². The van der Waals surface area contributed by atoms with Crippen molar-refractivity contribution < 1.29 is 22.7 Å². The fraction of sp³-hybridized carbons (Fsp3) is 0.296. The van der Waals surface area contributed by atoms with Gasteiger partial charge in [-0.3, -0.25) is 14.2 Å². The molecule has 192 valence electrons. The average Bonchev–Trinajstić information content (AvgIpc) is 3.22. The van der Waals surface area contributed by atoms with E-state index < -0.39 is 26.9 Å². The van der Waals surface area contributed by atoms with Gasteiger partial charge in [0.25, 0.3) is 11.5 Å². The Hall–Kier alpha value is -3.76. The number of amides is 1. The van der Waals surface area contributed by atoms with Gasteiger partial charge in [-0.05, 0) is 36.1 Å². The Balaban J connectivity index is 1.51. The fourth-order valence-electron chi connectivity index (χ4n) is 4.56. The number of hydrogen-bond donors (Lipinski definition) is 1. The minimum Gasteiger partial charge on any atom is -0.481 e. The molecule has 2 aliphatic heterocycles. The first-order chi connectivity index (χ1) is 17.7. The minimum atomic E-state index is -3.58. The minimum absolute atomic E-state index is 0.0668. The maximum atomic E-state index is 13.6. The van der Waals surface area contributed by atoms with Crippen molar-refractivity contribution in [3.05, 3.63) is 92.5 Å². The molecule has 0 aliphatic carbocycles. The van der Waals surface area contributed by atoms with Gasteiger partial charge in [-0.2, -0.15) is 0 Å². The third-order valence-corrected chi connectivity index (χ3v) is 8.29. The summed E-state index contributed by atoms with van der Waals surface area (Å²) in [5.74, 6) is -0.442. The molecule has 1 aromatic heterocycles. The molecule has 1 unspecified atom stereocenters. The van der Waals surface area contributed by atoms with Crippen molar-refractivity contribution in [3.63, 3.8) is 0 Å². The second-order valence-corrected chi connectivity index (χ2v) is 10.9. The van der Waals surface area contributed by atoms with Crippen LogP contribution in [0.4, 0.5) is 0 Å². The first-order valence-electron chi connectivity index (χ1n) is 12.0. The molecular weight excluding hydrogens is 494 g/mol. The molecule has 3 aromatic rings. The maximum Gasteiger partial charge on any atom is 0.296 e. The van der Waals surface area contributed by atoms with Gasteiger partial charge in [-0.15, -0.1) is 0 Å². The summed E-state index contributed by atoms with van der Waals surface area (Å²) < 4.78 is 38.3. The number of sulfone groups is 1. The Kier molecular flexibility index (Phi) is 6.47. The largest absolute Gasteiger partial charge is 0.481 e. The maximum absolute atomic E-state index is 13.6. The van der Waals surface area contributed by atoms with E-state index >= 15 is 0 Å². The van der Waals surface area contributed by atoms with Gasteiger partial charge in [-0.25, -0.2) is 13.4 Å². The fourth-order valence-corrected chi connectivity index (χ4v) is 5.99. The Morgan fingerprint density at radius 2 is 1.97 bits per heavy atom. The number of rotatable bonds is 7. The van der Waals surface area contributed by atoms with E-state index in [1.54, 1.807) is 18.2 Å². The van der Waals surface area contributed by atoms with Crippen molar-refractivity contribution in [2.45, 2.75) is 50.5 Å². The van der Waals surface area contributed by atoms with Crippen molar-refractivity contribution in [2.24, 2.45) is 0 Å². The predicted molar refractivity (Wildman–Crippen MR) is 137 cm³/mol. The highest BCUT2D eigenvalue weighted by molar-refractivity contribution is 7.94. The van der Waals surface area contributed by atoms with Gasteiger partial charge >= 0.3 is 0 Å². The summed E-state index contributed by atoms with van der Waals surface area (Å²) in [6.07, 6.45) is 2.08. The van der Waals surface area contributed by atoms with Crippen LogP contribution in [0.3, 0.4) is 0 Å². The molecular formula is C27H27N3O6S. The number of ether oxygens (including phenoxy) is 2. The highest BCUT2D eigenvalue weighted by Crippen LogP contribution is 2.32. The van der Waals surface area contributed by atoms with E-state index in [0.717, 1.165) is 11.0 Å². The molecule has 37 heavy (non-hydrogen) atoms. The second-order valence-electron chi connectivity index (χ2n) is 9.14. The Morgan fingerprint density at radius 3 is 2.73 bits per heavy atom. The number of nitrogens with zero attached hydrogens (tertiary/aromatic N) is 2. The zero-order valence-corrected chi connectivity index (χ0v) is 21.4. The molecule has 0 radical (unpaired) electrons. The number of benzene rings is 2. The van der Waals surface area contributed by atoms with E-state index in [2.05, 4.69) is 10.3 Å². The normalized spacial score (nSPS) is 19.2. The van der Waals surface area contributed by atoms with Gasteiger partial charge < -0.3 is 14.8 Å². The smallest absolute Gasteiger partial charge is 0.296 e. The van der Waals surface area contributed by atoms with E-state index in [9.17, 15) is 18.0 Å². The summed E-state index contributed by atoms with van der Waals surface area (Å²) in [5.41, 5.74) is 0.381. The summed E-state index contributed by atoms with van der Waals surface area (Å²) in [5, 5.41) is 3.89. The molecule has 0 saturated heterocycles. The van der Waals surface area contributed by atoms with Crippen LogP contribution in [0.25, 0.3) is 6.08 Å². The summed E-state index contributed by atoms with van der Waals surface area (Å²) in [6, 6.07) is 14.4. The van der Waals surface area contributed by atoms with Crippen LogP contribution in [0.2, 0.25) is 0 Å². The van der Waals surface area contributed by atoms with E-state index in [1.807, 2.05) is 44.2 Å². The lowest BCUT2D eigenvalue weighted by Gasteiger charge is -2.35. The molecule has 0 spiro atoms. The molecule has 0 saturated carbocycles. The van der Waals surface area contributed by atoms with Gasteiger partial charge in [0, 0.05) is 12.0 Å². The lowest BCUT2D eigenvalue weighted by atomic mass is 10.00. The topological polar surface area (TPSA) is 117 Å². The van der Waals surface area contributed by atoms with Crippen molar-refractivity contribution in [1.82, 2.24) is 14.9 Å². The van der Waals surface area contributed by atoms with Crippen molar-refractivity contribution >= 4 is 21.8 Å². The molecule has 2 aromatic carbocycles. The van der Waals surface area contributed by atoms with Gasteiger partial charge in [0.1, 0.15) is 18.0 Å². The molecule has 0 fully saturated rings. The predicted octanol–water partition coefficient (Wildman–Crippen LogP) is 3.17. The number of nitrogens with one attached hydrogen (secondary N) is 1. The van der Waals surface area contributed by atoms with Crippen LogP contribution in [0.15, 0.2) is 63.6 Å². The number of hydrogen-bond acceptors (Lipinski definition) is 7. The number of carbonyl (C=O) groups excluding carboxylic acids is 1. The molecule has 9 nitrogen and oxygen atoms in total. The van der Waals surface area contributed by atoms with E-state index in [-0.39, 0.29) is 29.5 Å². The number of aromatic nitrogens is 2. The molecule has 1 N–H and O–H groups in total. The summed E-state index contributed by atoms with van der Waals surface area (Å²) >= 11 is 0. The average molecular weight is 522 g/mol. The van der Waals surface area contributed by atoms with Gasteiger partial charge in [0.05, 0.1) is 18.0 Å². The van der Waals surface area contributed by atoms with Crippen molar-refractivity contribution in [2.75, 3.05) is 6.61 Å². The molecule has 10 heteroatoms. The highest BCUT2D eigenvalue weighted by Gasteiger charge is 2.37.